The lowest BCUT2D eigenvalue weighted by Crippen LogP contribution is -2.13. The molecule has 1 N–H and O–H groups in total. The fraction of sp³-hybridized carbons (Fsp3) is 0.111. The number of carbonyl (C=O) groups excluding carboxylic acids is 1. The van der Waals surface area contributed by atoms with Crippen LogP contribution in [0.2, 0.25) is 0 Å². The number of aromatic nitrogens is 5. The van der Waals surface area contributed by atoms with E-state index in [9.17, 15) is 4.79 Å². The molecule has 8 nitrogen and oxygen atoms in total. The Labute approximate surface area is 150 Å². The third kappa shape index (κ3) is 3.12. The van der Waals surface area contributed by atoms with Crippen molar-refractivity contribution >= 4 is 17.4 Å². The molecule has 3 aromatic heterocycles. The van der Waals surface area contributed by atoms with Gasteiger partial charge in [-0.15, -0.1) is 5.10 Å². The van der Waals surface area contributed by atoms with Crippen LogP contribution in [0.25, 0.3) is 11.5 Å². The van der Waals surface area contributed by atoms with E-state index in [-0.39, 0.29) is 13.3 Å². The number of fused-ring (bicyclic) bond motifs is 1. The maximum Gasteiger partial charge on any atom is 0.260 e. The minimum atomic E-state index is -0.296. The zero-order valence-corrected chi connectivity index (χ0v) is 13.3. The maximum atomic E-state index is 12.5. The summed E-state index contributed by atoms with van der Waals surface area (Å²) in [6.07, 6.45) is 6.80. The van der Waals surface area contributed by atoms with Crippen LogP contribution in [0.5, 0.6) is 5.75 Å². The van der Waals surface area contributed by atoms with Crippen LogP contribution in [-0.2, 0) is 0 Å². The monoisotopic (exact) mass is 350 g/mol. The molecule has 1 amide bonds. The van der Waals surface area contributed by atoms with Crippen molar-refractivity contribution in [3.8, 4) is 11.6 Å². The smallest absolute Gasteiger partial charge is 0.260 e. The van der Waals surface area contributed by atoms with Gasteiger partial charge in [0.15, 0.2) is 17.3 Å². The van der Waals surface area contributed by atoms with Gasteiger partial charge in [0.25, 0.3) is 5.91 Å². The molecular weight excluding hydrogens is 332 g/mol. The van der Waals surface area contributed by atoms with E-state index in [0.29, 0.717) is 28.6 Å². The van der Waals surface area contributed by atoms with Crippen LogP contribution in [0.3, 0.4) is 0 Å². The minimum absolute atomic E-state index is 0. The molecular formula is C18H18N6O2. The largest absolute Gasteiger partial charge is 0.496 e. The quantitative estimate of drug-likeness (QED) is 0.612. The zero-order valence-electron chi connectivity index (χ0n) is 13.3. The topological polar surface area (TPSA) is 86.3 Å². The van der Waals surface area contributed by atoms with Gasteiger partial charge in [-0.05, 0) is 24.3 Å². The summed E-state index contributed by atoms with van der Waals surface area (Å²) < 4.78 is 8.60. The Kier molecular flexibility index (Phi) is 4.66. The van der Waals surface area contributed by atoms with E-state index in [4.69, 9.17) is 4.74 Å². The molecule has 0 saturated heterocycles. The second kappa shape index (κ2) is 7.06. The lowest BCUT2D eigenvalue weighted by atomic mass is 10.2. The van der Waals surface area contributed by atoms with Crippen molar-refractivity contribution in [1.82, 2.24) is 24.1 Å². The van der Waals surface area contributed by atoms with Crippen molar-refractivity contribution in [3.63, 3.8) is 0 Å². The maximum absolute atomic E-state index is 12.5. The van der Waals surface area contributed by atoms with Crippen LogP contribution < -0.4 is 10.1 Å². The first-order chi connectivity index (χ1) is 12.2. The number of anilines is 1. The van der Waals surface area contributed by atoms with E-state index in [0.717, 1.165) is 0 Å². The Morgan fingerprint density at radius 1 is 1.19 bits per heavy atom. The average molecular weight is 350 g/mol. The summed E-state index contributed by atoms with van der Waals surface area (Å²) in [5.74, 6) is 1.32. The molecule has 0 fully saturated rings. The van der Waals surface area contributed by atoms with Gasteiger partial charge < -0.3 is 10.1 Å². The van der Waals surface area contributed by atoms with Gasteiger partial charge in [-0.25, -0.2) is 14.5 Å². The molecule has 4 aromatic rings. The Morgan fingerprint density at radius 3 is 2.81 bits per heavy atom. The first-order valence-electron chi connectivity index (χ1n) is 7.54. The van der Waals surface area contributed by atoms with Gasteiger partial charge in [0.05, 0.1) is 18.9 Å². The number of nitrogens with zero attached hydrogens (tertiary/aromatic N) is 5. The molecule has 1 aromatic carbocycles. The number of amides is 1. The first kappa shape index (κ1) is 17.2. The Balaban J connectivity index is 0.00000196. The molecule has 4 rings (SSSR count). The van der Waals surface area contributed by atoms with E-state index in [1.807, 2.05) is 18.2 Å². The van der Waals surface area contributed by atoms with Crippen molar-refractivity contribution in [2.75, 3.05) is 12.4 Å². The van der Waals surface area contributed by atoms with Crippen molar-refractivity contribution in [1.29, 1.82) is 0 Å². The summed E-state index contributed by atoms with van der Waals surface area (Å²) in [5, 5.41) is 7.22. The van der Waals surface area contributed by atoms with Crippen LogP contribution in [0.15, 0.2) is 61.3 Å². The summed E-state index contributed by atoms with van der Waals surface area (Å²) in [7, 11) is 1.53. The highest BCUT2D eigenvalue weighted by Crippen LogP contribution is 2.19. The molecule has 0 atom stereocenters. The number of benzene rings is 1. The molecule has 8 heteroatoms. The average Bonchev–Trinajstić information content (AvgIpc) is 3.30. The van der Waals surface area contributed by atoms with Crippen molar-refractivity contribution in [2.24, 2.45) is 0 Å². The second-order valence-corrected chi connectivity index (χ2v) is 5.24. The number of hydrogen-bond donors (Lipinski definition) is 1. The van der Waals surface area contributed by atoms with Crippen molar-refractivity contribution < 1.29 is 9.53 Å². The molecule has 0 spiro atoms. The van der Waals surface area contributed by atoms with Gasteiger partial charge >= 0.3 is 0 Å². The summed E-state index contributed by atoms with van der Waals surface area (Å²) in [4.78, 5) is 20.8. The lowest BCUT2D eigenvalue weighted by molar-refractivity contribution is 0.102. The SMILES string of the molecule is C.COc1ccccc1C(=O)Nc1cn2nc(-n3ccnc3)ccc2n1. The van der Waals surface area contributed by atoms with Crippen LogP contribution in [0, 0.1) is 0 Å². The van der Waals surface area contributed by atoms with Gasteiger partial charge in [-0.3, -0.25) is 9.36 Å². The van der Waals surface area contributed by atoms with E-state index >= 15 is 0 Å². The highest BCUT2D eigenvalue weighted by Gasteiger charge is 2.13. The third-order valence-electron chi connectivity index (χ3n) is 3.67. The molecule has 3 heterocycles. The predicted molar refractivity (Wildman–Crippen MR) is 97.8 cm³/mol. The van der Waals surface area contributed by atoms with Crippen LogP contribution in [0.4, 0.5) is 5.82 Å². The molecule has 0 saturated carbocycles. The van der Waals surface area contributed by atoms with Gasteiger partial charge in [-0.2, -0.15) is 0 Å². The highest BCUT2D eigenvalue weighted by atomic mass is 16.5. The molecule has 0 aliphatic heterocycles. The fourth-order valence-electron chi connectivity index (χ4n) is 2.48. The standard InChI is InChI=1S/C17H14N6O2.CH4/c1-25-13-5-3-2-4-12(13)17(24)20-14-10-23-15(19-14)6-7-16(21-23)22-9-8-18-11-22;/h2-11H,1H3,(H,20,24);1H4. The van der Waals surface area contributed by atoms with E-state index in [1.165, 1.54) is 7.11 Å². The van der Waals surface area contributed by atoms with Gasteiger partial charge in [0, 0.05) is 12.4 Å². The second-order valence-electron chi connectivity index (χ2n) is 5.24. The normalized spacial score (nSPS) is 10.3. The van der Waals surface area contributed by atoms with E-state index in [2.05, 4.69) is 20.4 Å². The van der Waals surface area contributed by atoms with Gasteiger partial charge in [0.2, 0.25) is 0 Å². The Hall–Kier alpha value is -3.68. The van der Waals surface area contributed by atoms with Crippen LogP contribution >= 0.6 is 0 Å². The number of para-hydroxylation sites is 1. The summed E-state index contributed by atoms with van der Waals surface area (Å²) >= 11 is 0. The number of nitrogens with one attached hydrogen (secondary N) is 1. The lowest BCUT2D eigenvalue weighted by Gasteiger charge is -2.06. The highest BCUT2D eigenvalue weighted by molar-refractivity contribution is 6.05. The summed E-state index contributed by atoms with van der Waals surface area (Å²) in [5.41, 5.74) is 1.06. The molecule has 26 heavy (non-hydrogen) atoms. The number of rotatable bonds is 4. The summed E-state index contributed by atoms with van der Waals surface area (Å²) in [6, 6.07) is 10.7. The zero-order chi connectivity index (χ0) is 17.2. The van der Waals surface area contributed by atoms with E-state index in [1.54, 1.807) is 52.2 Å². The van der Waals surface area contributed by atoms with Gasteiger partial charge in [0.1, 0.15) is 12.1 Å². The molecule has 0 unspecified atom stereocenters. The van der Waals surface area contributed by atoms with Crippen molar-refractivity contribution in [2.45, 2.75) is 7.43 Å². The Morgan fingerprint density at radius 2 is 2.04 bits per heavy atom. The molecule has 0 bridgehead atoms. The van der Waals surface area contributed by atoms with Crippen LogP contribution in [0.1, 0.15) is 17.8 Å². The number of ether oxygens (including phenoxy) is 1. The molecule has 0 radical (unpaired) electrons. The summed E-state index contributed by atoms with van der Waals surface area (Å²) in [6.45, 7) is 0. The Bertz CT molecular complexity index is 1040. The fourth-order valence-corrected chi connectivity index (χ4v) is 2.48. The first-order valence-corrected chi connectivity index (χ1v) is 7.54. The molecule has 132 valence electrons. The minimum Gasteiger partial charge on any atom is -0.496 e. The molecule has 0 aliphatic carbocycles. The number of carbonyl (C=O) groups is 1. The molecule has 0 aliphatic rings. The van der Waals surface area contributed by atoms with Gasteiger partial charge in [-0.1, -0.05) is 19.6 Å². The number of imidazole rings is 2. The van der Waals surface area contributed by atoms with E-state index < -0.39 is 0 Å². The number of hydrogen-bond acceptors (Lipinski definition) is 5. The predicted octanol–water partition coefficient (Wildman–Crippen LogP) is 2.81. The number of methoxy groups -OCH3 is 1. The van der Waals surface area contributed by atoms with Crippen molar-refractivity contribution in [3.05, 3.63) is 66.9 Å². The van der Waals surface area contributed by atoms with Crippen LogP contribution in [-0.4, -0.2) is 37.2 Å². The third-order valence-corrected chi connectivity index (χ3v) is 3.67.